The third-order valence-corrected chi connectivity index (χ3v) is 6.00. The number of para-hydroxylation sites is 2. The van der Waals surface area contributed by atoms with Crippen molar-refractivity contribution in [3.05, 3.63) is 34.2 Å². The topological polar surface area (TPSA) is 63.1 Å². The number of benzene rings is 1. The molecule has 1 aromatic carbocycles. The molecule has 0 spiro atoms. The zero-order valence-electron chi connectivity index (χ0n) is 9.64. The molecule has 0 saturated carbocycles. The number of thioether (sulfide) groups is 1. The summed E-state index contributed by atoms with van der Waals surface area (Å²) in [6.45, 7) is 0. The molecule has 2 aliphatic rings. The predicted octanol–water partition coefficient (Wildman–Crippen LogP) is -1.50. The number of rotatable bonds is 1. The highest BCUT2D eigenvalue weighted by atomic mass is 79.9. The van der Waals surface area contributed by atoms with Gasteiger partial charge in [0.25, 0.3) is 5.17 Å². The first-order valence-electron chi connectivity index (χ1n) is 5.32. The van der Waals surface area contributed by atoms with Crippen molar-refractivity contribution in [2.45, 2.75) is 0 Å². The summed E-state index contributed by atoms with van der Waals surface area (Å²) in [6, 6.07) is 7.79. The van der Waals surface area contributed by atoms with Crippen LogP contribution >= 0.6 is 23.4 Å². The van der Waals surface area contributed by atoms with Crippen molar-refractivity contribution < 1.29 is 30.7 Å². The number of aliphatic imine (C=N–C) groups is 1. The van der Waals surface area contributed by atoms with Crippen LogP contribution < -0.4 is 22.3 Å². The lowest BCUT2D eigenvalue weighted by Gasteiger charge is -1.98. The van der Waals surface area contributed by atoms with Crippen LogP contribution in [-0.4, -0.2) is 25.1 Å². The second-order valence-electron chi connectivity index (χ2n) is 4.12. The molecule has 0 radical (unpaired) electrons. The van der Waals surface area contributed by atoms with Crippen LogP contribution in [0.3, 0.4) is 0 Å². The number of fused-ring (bicyclic) bond motifs is 1. The Labute approximate surface area is 131 Å². The van der Waals surface area contributed by atoms with Gasteiger partial charge in [0, 0.05) is 16.0 Å². The Morgan fingerprint density at radius 1 is 1.26 bits per heavy atom. The first-order chi connectivity index (χ1) is 8.53. The molecule has 0 unspecified atom stereocenters. The molecule has 0 aromatic heterocycles. The van der Waals surface area contributed by atoms with Crippen LogP contribution in [0.15, 0.2) is 39.2 Å². The minimum Gasteiger partial charge on any atom is -1.00 e. The van der Waals surface area contributed by atoms with Gasteiger partial charge in [0.15, 0.2) is 15.5 Å². The lowest BCUT2D eigenvalue weighted by Crippen LogP contribution is -3.00. The van der Waals surface area contributed by atoms with Gasteiger partial charge < -0.3 is 17.0 Å². The van der Waals surface area contributed by atoms with Gasteiger partial charge in [-0.2, -0.15) is 4.99 Å². The number of hydrogen-bond acceptors (Lipinski definition) is 4. The smallest absolute Gasteiger partial charge is 0.270 e. The van der Waals surface area contributed by atoms with E-state index in [9.17, 15) is 8.42 Å². The SMILES string of the molecule is O=S1(=O)CC(Cl)=C(SC2=Nc3ccccc3[NH2+]2)C1.[Br-]. The molecule has 0 bridgehead atoms. The largest absolute Gasteiger partial charge is 1.00 e. The highest BCUT2D eigenvalue weighted by Gasteiger charge is 2.30. The highest BCUT2D eigenvalue weighted by molar-refractivity contribution is 8.17. The van der Waals surface area contributed by atoms with E-state index in [1.165, 1.54) is 11.8 Å². The number of nitrogens with two attached hydrogens (primary N) is 1. The molecule has 102 valence electrons. The third-order valence-electron chi connectivity index (χ3n) is 2.67. The van der Waals surface area contributed by atoms with Gasteiger partial charge in [-0.25, -0.2) is 8.42 Å². The van der Waals surface area contributed by atoms with Crippen LogP contribution in [0.1, 0.15) is 0 Å². The van der Waals surface area contributed by atoms with E-state index in [1.807, 2.05) is 29.6 Å². The number of sulfone groups is 1. The highest BCUT2D eigenvalue weighted by Crippen LogP contribution is 2.34. The molecule has 0 fully saturated rings. The first-order valence-corrected chi connectivity index (χ1v) is 8.33. The number of nitrogens with zero attached hydrogens (tertiary/aromatic N) is 1. The maximum Gasteiger partial charge on any atom is 0.270 e. The van der Waals surface area contributed by atoms with Crippen molar-refractivity contribution in [2.75, 3.05) is 11.5 Å². The van der Waals surface area contributed by atoms with E-state index in [1.54, 1.807) is 0 Å². The van der Waals surface area contributed by atoms with Gasteiger partial charge in [0.2, 0.25) is 0 Å². The monoisotopic (exact) mass is 380 g/mol. The van der Waals surface area contributed by atoms with E-state index in [4.69, 9.17) is 11.6 Å². The quantitative estimate of drug-likeness (QED) is 0.602. The van der Waals surface area contributed by atoms with Crippen LogP contribution in [-0.2, 0) is 9.84 Å². The molecule has 0 aliphatic carbocycles. The van der Waals surface area contributed by atoms with E-state index in [2.05, 4.69) is 4.99 Å². The Morgan fingerprint density at radius 3 is 2.63 bits per heavy atom. The van der Waals surface area contributed by atoms with Crippen LogP contribution in [0.5, 0.6) is 0 Å². The van der Waals surface area contributed by atoms with Crippen molar-refractivity contribution >= 4 is 49.7 Å². The van der Waals surface area contributed by atoms with Gasteiger partial charge in [-0.15, -0.1) is 0 Å². The third kappa shape index (κ3) is 3.22. The first kappa shape index (κ1) is 15.1. The van der Waals surface area contributed by atoms with E-state index >= 15 is 0 Å². The van der Waals surface area contributed by atoms with Gasteiger partial charge in [-0.1, -0.05) is 23.7 Å². The average Bonchev–Trinajstić information content (AvgIpc) is 2.79. The molecule has 0 saturated heterocycles. The van der Waals surface area contributed by atoms with Gasteiger partial charge in [-0.3, -0.25) is 5.32 Å². The minimum atomic E-state index is -3.05. The average molecular weight is 382 g/mol. The zero-order chi connectivity index (χ0) is 12.8. The predicted molar refractivity (Wildman–Crippen MR) is 74.2 cm³/mol. The van der Waals surface area contributed by atoms with Gasteiger partial charge in [0.05, 0.1) is 11.5 Å². The second-order valence-corrected chi connectivity index (χ2v) is 7.75. The fourth-order valence-electron chi connectivity index (χ4n) is 1.86. The van der Waals surface area contributed by atoms with Crippen LogP contribution in [0.4, 0.5) is 11.4 Å². The number of amidine groups is 1. The van der Waals surface area contributed by atoms with Crippen molar-refractivity contribution in [3.8, 4) is 0 Å². The number of hydrogen-bond donors (Lipinski definition) is 1. The van der Waals surface area contributed by atoms with Crippen molar-refractivity contribution in [1.82, 2.24) is 0 Å². The molecule has 0 atom stereocenters. The Kier molecular flexibility index (Phi) is 4.42. The van der Waals surface area contributed by atoms with E-state index in [0.29, 0.717) is 9.94 Å². The summed E-state index contributed by atoms with van der Waals surface area (Å²) in [4.78, 5) is 5.13. The maximum atomic E-state index is 11.5. The lowest BCUT2D eigenvalue weighted by atomic mass is 10.3. The number of quaternary nitrogens is 1. The molecule has 2 aliphatic heterocycles. The Hall–Kier alpha value is -0.340. The fraction of sp³-hybridized carbons (Fsp3) is 0.182. The molecule has 4 nitrogen and oxygen atoms in total. The molecule has 2 N–H and O–H groups in total. The van der Waals surface area contributed by atoms with E-state index in [-0.39, 0.29) is 28.5 Å². The van der Waals surface area contributed by atoms with Crippen LogP contribution in [0.25, 0.3) is 0 Å². The van der Waals surface area contributed by atoms with Crippen molar-refractivity contribution in [2.24, 2.45) is 4.99 Å². The van der Waals surface area contributed by atoms with Gasteiger partial charge >= 0.3 is 0 Å². The lowest BCUT2D eigenvalue weighted by molar-refractivity contribution is -0.432. The summed E-state index contributed by atoms with van der Waals surface area (Å²) in [5.41, 5.74) is 1.97. The van der Waals surface area contributed by atoms with E-state index in [0.717, 1.165) is 16.5 Å². The maximum absolute atomic E-state index is 11.5. The normalized spacial score (nSPS) is 19.9. The molecule has 8 heteroatoms. The molecule has 1 aromatic rings. The summed E-state index contributed by atoms with van der Waals surface area (Å²) in [7, 11) is -3.05. The summed E-state index contributed by atoms with van der Waals surface area (Å²) in [6.07, 6.45) is 0. The summed E-state index contributed by atoms with van der Waals surface area (Å²) in [5, 5.41) is 3.16. The molecule has 2 heterocycles. The molecular formula is C11H10BrClN2O2S2. The van der Waals surface area contributed by atoms with Crippen LogP contribution in [0.2, 0.25) is 0 Å². The minimum absolute atomic E-state index is 0. The Morgan fingerprint density at radius 2 is 2.00 bits per heavy atom. The van der Waals surface area contributed by atoms with Crippen molar-refractivity contribution in [3.63, 3.8) is 0 Å². The standard InChI is InChI=1S/C11H9ClN2O2S2.BrH/c12-7-5-18(15,16)6-10(7)17-11-13-8-3-1-2-4-9(8)14-11;/h1-4H,5-6H2,(H,13,14);1H. The van der Waals surface area contributed by atoms with Crippen molar-refractivity contribution in [1.29, 1.82) is 0 Å². The molecular weight excluding hydrogens is 372 g/mol. The number of halogens is 2. The summed E-state index contributed by atoms with van der Waals surface area (Å²) >= 11 is 7.31. The van der Waals surface area contributed by atoms with E-state index < -0.39 is 9.84 Å². The zero-order valence-corrected chi connectivity index (χ0v) is 13.6. The molecule has 0 amide bonds. The van der Waals surface area contributed by atoms with Crippen LogP contribution in [0, 0.1) is 0 Å². The second kappa shape index (κ2) is 5.57. The summed E-state index contributed by atoms with van der Waals surface area (Å²) < 4.78 is 22.9. The Bertz CT molecular complexity index is 686. The molecule has 3 rings (SSSR count). The molecule has 19 heavy (non-hydrogen) atoms. The van der Waals surface area contributed by atoms with Gasteiger partial charge in [0.1, 0.15) is 5.69 Å². The fourth-order valence-corrected chi connectivity index (χ4v) is 5.49. The van der Waals surface area contributed by atoms with Gasteiger partial charge in [-0.05, 0) is 17.8 Å². The Balaban J connectivity index is 0.00000133. The summed E-state index contributed by atoms with van der Waals surface area (Å²) in [5.74, 6) is -0.0170.